The molecular formula is C13H13ClN2O. The van der Waals surface area contributed by atoms with Crippen molar-refractivity contribution in [3.63, 3.8) is 0 Å². The van der Waals surface area contributed by atoms with Crippen molar-refractivity contribution in [1.82, 2.24) is 9.97 Å². The van der Waals surface area contributed by atoms with Crippen molar-refractivity contribution in [2.75, 3.05) is 7.11 Å². The van der Waals surface area contributed by atoms with Crippen LogP contribution in [-0.2, 0) is 0 Å². The van der Waals surface area contributed by atoms with Gasteiger partial charge in [0.05, 0.1) is 12.8 Å². The standard InChI is InChI=1S/C13H13ClN2O/c1-8-12(15-9(2)16-13(8)14)10-5-4-6-11(7-10)17-3/h4-7H,1-3H3. The highest BCUT2D eigenvalue weighted by Crippen LogP contribution is 2.27. The second-order valence-corrected chi connectivity index (χ2v) is 4.13. The summed E-state index contributed by atoms with van der Waals surface area (Å²) in [6, 6.07) is 7.74. The van der Waals surface area contributed by atoms with Crippen molar-refractivity contribution in [2.24, 2.45) is 0 Å². The lowest BCUT2D eigenvalue weighted by Crippen LogP contribution is -1.96. The van der Waals surface area contributed by atoms with E-state index in [0.29, 0.717) is 11.0 Å². The minimum Gasteiger partial charge on any atom is -0.497 e. The molecule has 0 unspecified atom stereocenters. The van der Waals surface area contributed by atoms with Crippen molar-refractivity contribution in [1.29, 1.82) is 0 Å². The van der Waals surface area contributed by atoms with Crippen molar-refractivity contribution >= 4 is 11.6 Å². The van der Waals surface area contributed by atoms with E-state index >= 15 is 0 Å². The summed E-state index contributed by atoms with van der Waals surface area (Å²) in [7, 11) is 1.64. The highest BCUT2D eigenvalue weighted by atomic mass is 35.5. The zero-order valence-electron chi connectivity index (χ0n) is 9.99. The third-order valence-corrected chi connectivity index (χ3v) is 2.91. The first-order valence-electron chi connectivity index (χ1n) is 5.27. The maximum Gasteiger partial charge on any atom is 0.136 e. The second-order valence-electron chi connectivity index (χ2n) is 3.77. The third-order valence-electron chi connectivity index (χ3n) is 2.54. The molecule has 88 valence electrons. The Hall–Kier alpha value is -1.61. The third kappa shape index (κ3) is 2.39. The van der Waals surface area contributed by atoms with Crippen LogP contribution in [0, 0.1) is 13.8 Å². The van der Waals surface area contributed by atoms with Gasteiger partial charge >= 0.3 is 0 Å². The van der Waals surface area contributed by atoms with Gasteiger partial charge in [-0.1, -0.05) is 23.7 Å². The van der Waals surface area contributed by atoms with Crippen LogP contribution in [0.5, 0.6) is 5.75 Å². The molecule has 0 N–H and O–H groups in total. The number of nitrogens with zero attached hydrogens (tertiary/aromatic N) is 2. The fourth-order valence-electron chi connectivity index (χ4n) is 1.65. The summed E-state index contributed by atoms with van der Waals surface area (Å²) in [6.07, 6.45) is 0. The Morgan fingerprint density at radius 2 is 1.94 bits per heavy atom. The minimum atomic E-state index is 0.496. The zero-order valence-corrected chi connectivity index (χ0v) is 10.7. The molecule has 17 heavy (non-hydrogen) atoms. The summed E-state index contributed by atoms with van der Waals surface area (Å²) in [5.74, 6) is 1.47. The number of rotatable bonds is 2. The van der Waals surface area contributed by atoms with E-state index in [2.05, 4.69) is 9.97 Å². The molecule has 0 bridgehead atoms. The number of aromatic nitrogens is 2. The van der Waals surface area contributed by atoms with Crippen LogP contribution in [-0.4, -0.2) is 17.1 Å². The van der Waals surface area contributed by atoms with Gasteiger partial charge in [-0.05, 0) is 26.0 Å². The van der Waals surface area contributed by atoms with Crippen LogP contribution in [0.1, 0.15) is 11.4 Å². The van der Waals surface area contributed by atoms with Gasteiger partial charge in [-0.15, -0.1) is 0 Å². The lowest BCUT2D eigenvalue weighted by atomic mass is 10.1. The molecule has 2 rings (SSSR count). The Morgan fingerprint density at radius 1 is 1.18 bits per heavy atom. The van der Waals surface area contributed by atoms with E-state index in [9.17, 15) is 0 Å². The molecule has 0 aliphatic carbocycles. The summed E-state index contributed by atoms with van der Waals surface area (Å²) in [4.78, 5) is 8.55. The van der Waals surface area contributed by atoms with Gasteiger partial charge in [0.1, 0.15) is 16.7 Å². The first kappa shape index (κ1) is 11.9. The first-order valence-corrected chi connectivity index (χ1v) is 5.65. The lowest BCUT2D eigenvalue weighted by Gasteiger charge is -2.08. The van der Waals surface area contributed by atoms with Crippen LogP contribution in [0.4, 0.5) is 0 Å². The predicted octanol–water partition coefficient (Wildman–Crippen LogP) is 3.42. The Balaban J connectivity index is 2.59. The second kappa shape index (κ2) is 4.72. The first-order chi connectivity index (χ1) is 8.11. The summed E-state index contributed by atoms with van der Waals surface area (Å²) in [5.41, 5.74) is 2.71. The summed E-state index contributed by atoms with van der Waals surface area (Å²) in [6.45, 7) is 3.74. The molecule has 0 aliphatic heterocycles. The van der Waals surface area contributed by atoms with E-state index in [-0.39, 0.29) is 0 Å². The fraction of sp³-hybridized carbons (Fsp3) is 0.231. The molecular weight excluding hydrogens is 236 g/mol. The molecule has 1 aromatic carbocycles. The molecule has 0 saturated carbocycles. The molecule has 0 spiro atoms. The molecule has 0 saturated heterocycles. The van der Waals surface area contributed by atoms with Crippen LogP contribution in [0.2, 0.25) is 5.15 Å². The summed E-state index contributed by atoms with van der Waals surface area (Å²) in [5, 5.41) is 0.496. The van der Waals surface area contributed by atoms with E-state index in [1.54, 1.807) is 7.11 Å². The van der Waals surface area contributed by atoms with Crippen LogP contribution < -0.4 is 4.74 Å². The van der Waals surface area contributed by atoms with E-state index < -0.39 is 0 Å². The Kier molecular flexibility index (Phi) is 3.29. The van der Waals surface area contributed by atoms with Gasteiger partial charge < -0.3 is 4.74 Å². The van der Waals surface area contributed by atoms with Gasteiger partial charge in [0, 0.05) is 11.1 Å². The van der Waals surface area contributed by atoms with Gasteiger partial charge in [-0.2, -0.15) is 0 Å². The highest BCUT2D eigenvalue weighted by Gasteiger charge is 2.10. The maximum absolute atomic E-state index is 6.06. The number of aryl methyl sites for hydroxylation is 1. The van der Waals surface area contributed by atoms with E-state index in [4.69, 9.17) is 16.3 Å². The normalized spacial score (nSPS) is 10.4. The van der Waals surface area contributed by atoms with Crippen molar-refractivity contribution in [2.45, 2.75) is 13.8 Å². The largest absolute Gasteiger partial charge is 0.497 e. The number of methoxy groups -OCH3 is 1. The van der Waals surface area contributed by atoms with Crippen molar-refractivity contribution < 1.29 is 4.74 Å². The van der Waals surface area contributed by atoms with Crippen LogP contribution >= 0.6 is 11.6 Å². The average molecular weight is 249 g/mol. The van der Waals surface area contributed by atoms with E-state index in [0.717, 1.165) is 22.6 Å². The molecule has 0 fully saturated rings. The molecule has 0 aliphatic rings. The lowest BCUT2D eigenvalue weighted by molar-refractivity contribution is 0.415. The number of hydrogen-bond donors (Lipinski definition) is 0. The molecule has 0 amide bonds. The van der Waals surface area contributed by atoms with Gasteiger partial charge in [0.25, 0.3) is 0 Å². The average Bonchev–Trinajstić information content (AvgIpc) is 2.34. The van der Waals surface area contributed by atoms with Gasteiger partial charge in [0.2, 0.25) is 0 Å². The van der Waals surface area contributed by atoms with Crippen LogP contribution in [0.25, 0.3) is 11.3 Å². The van der Waals surface area contributed by atoms with Crippen molar-refractivity contribution in [3.8, 4) is 17.0 Å². The van der Waals surface area contributed by atoms with Crippen LogP contribution in [0.15, 0.2) is 24.3 Å². The molecule has 3 nitrogen and oxygen atoms in total. The summed E-state index contributed by atoms with van der Waals surface area (Å²) >= 11 is 6.06. The Morgan fingerprint density at radius 3 is 2.65 bits per heavy atom. The topological polar surface area (TPSA) is 35.0 Å². The highest BCUT2D eigenvalue weighted by molar-refractivity contribution is 6.30. The molecule has 0 atom stereocenters. The predicted molar refractivity (Wildman–Crippen MR) is 68.5 cm³/mol. The SMILES string of the molecule is COc1cccc(-c2nc(C)nc(Cl)c2C)c1. The number of ether oxygens (including phenoxy) is 1. The van der Waals surface area contributed by atoms with E-state index in [1.165, 1.54) is 0 Å². The van der Waals surface area contributed by atoms with Crippen molar-refractivity contribution in [3.05, 3.63) is 40.8 Å². The molecule has 4 heteroatoms. The minimum absolute atomic E-state index is 0.496. The fourth-order valence-corrected chi connectivity index (χ4v) is 1.86. The monoisotopic (exact) mass is 248 g/mol. The molecule has 0 radical (unpaired) electrons. The Labute approximate surface area is 105 Å². The van der Waals surface area contributed by atoms with E-state index in [1.807, 2.05) is 38.1 Å². The van der Waals surface area contributed by atoms with Gasteiger partial charge in [0.15, 0.2) is 0 Å². The zero-order chi connectivity index (χ0) is 12.4. The quantitative estimate of drug-likeness (QED) is 0.764. The molecule has 2 aromatic rings. The summed E-state index contributed by atoms with van der Waals surface area (Å²) < 4.78 is 5.20. The Bertz CT molecular complexity index is 555. The maximum atomic E-state index is 6.06. The molecule has 1 heterocycles. The number of benzene rings is 1. The van der Waals surface area contributed by atoms with Gasteiger partial charge in [-0.3, -0.25) is 0 Å². The molecule has 1 aromatic heterocycles. The smallest absolute Gasteiger partial charge is 0.136 e. The number of halogens is 1. The van der Waals surface area contributed by atoms with Crippen LogP contribution in [0.3, 0.4) is 0 Å². The number of hydrogen-bond acceptors (Lipinski definition) is 3. The van der Waals surface area contributed by atoms with Gasteiger partial charge in [-0.25, -0.2) is 9.97 Å².